The number of nitrogens with zero attached hydrogens (tertiary/aromatic N) is 2. The van der Waals surface area contributed by atoms with Crippen molar-refractivity contribution in [1.82, 2.24) is 10.1 Å². The largest absolute Gasteiger partial charge is 0.478 e. The molecule has 0 bridgehead atoms. The van der Waals surface area contributed by atoms with Gasteiger partial charge < -0.3 is 14.9 Å². The van der Waals surface area contributed by atoms with Crippen LogP contribution in [0.4, 0.5) is 5.69 Å². The SMILES string of the molecule is O=C(Cc1noc(CC(c2ccccc2)c2ccccc2)n1)Nc1ccccc1C(=O)O. The molecule has 2 N–H and O–H groups in total. The molecule has 4 aromatic rings. The van der Waals surface area contributed by atoms with Gasteiger partial charge in [-0.25, -0.2) is 4.79 Å². The number of rotatable bonds is 8. The minimum Gasteiger partial charge on any atom is -0.478 e. The maximum atomic E-state index is 12.4. The predicted molar refractivity (Wildman–Crippen MR) is 118 cm³/mol. The van der Waals surface area contributed by atoms with Gasteiger partial charge in [-0.2, -0.15) is 4.98 Å². The van der Waals surface area contributed by atoms with Crippen molar-refractivity contribution in [2.75, 3.05) is 5.32 Å². The third-order valence-electron chi connectivity index (χ3n) is 5.04. The van der Waals surface area contributed by atoms with Gasteiger partial charge in [-0.1, -0.05) is 78.0 Å². The number of para-hydroxylation sites is 1. The summed E-state index contributed by atoms with van der Waals surface area (Å²) in [6.07, 6.45) is 0.364. The highest BCUT2D eigenvalue weighted by molar-refractivity contribution is 6.00. The highest BCUT2D eigenvalue weighted by Gasteiger charge is 2.20. The van der Waals surface area contributed by atoms with E-state index < -0.39 is 11.9 Å². The number of carboxylic acid groups (broad SMARTS) is 1. The van der Waals surface area contributed by atoms with Gasteiger partial charge in [-0.05, 0) is 23.3 Å². The van der Waals surface area contributed by atoms with E-state index in [2.05, 4.69) is 39.7 Å². The molecule has 0 saturated carbocycles. The van der Waals surface area contributed by atoms with Crippen LogP contribution in [0.2, 0.25) is 0 Å². The predicted octanol–water partition coefficient (Wildman–Crippen LogP) is 4.32. The van der Waals surface area contributed by atoms with Crippen LogP contribution >= 0.6 is 0 Å². The number of aromatic nitrogens is 2. The Morgan fingerprint density at radius 3 is 2.09 bits per heavy atom. The van der Waals surface area contributed by atoms with Crippen LogP contribution in [0.25, 0.3) is 0 Å². The Morgan fingerprint density at radius 1 is 0.875 bits per heavy atom. The molecule has 0 unspecified atom stereocenters. The van der Waals surface area contributed by atoms with E-state index in [9.17, 15) is 14.7 Å². The normalized spacial score (nSPS) is 10.8. The molecule has 1 heterocycles. The van der Waals surface area contributed by atoms with Gasteiger partial charge in [0.25, 0.3) is 0 Å². The Morgan fingerprint density at radius 2 is 1.47 bits per heavy atom. The molecule has 0 fully saturated rings. The molecule has 0 radical (unpaired) electrons. The molecular weight excluding hydrogens is 406 g/mol. The zero-order valence-electron chi connectivity index (χ0n) is 17.1. The summed E-state index contributed by atoms with van der Waals surface area (Å²) in [5.41, 5.74) is 2.49. The van der Waals surface area contributed by atoms with Gasteiger partial charge >= 0.3 is 5.97 Å². The number of carboxylic acids is 1. The summed E-state index contributed by atoms with van der Waals surface area (Å²) in [5, 5.41) is 15.8. The molecule has 0 aliphatic carbocycles. The van der Waals surface area contributed by atoms with Gasteiger partial charge in [-0.15, -0.1) is 0 Å². The van der Waals surface area contributed by atoms with E-state index in [4.69, 9.17) is 4.52 Å². The number of amides is 1. The fourth-order valence-corrected chi connectivity index (χ4v) is 3.53. The highest BCUT2D eigenvalue weighted by atomic mass is 16.5. The monoisotopic (exact) mass is 427 g/mol. The van der Waals surface area contributed by atoms with Crippen LogP contribution in [0.3, 0.4) is 0 Å². The average molecular weight is 427 g/mol. The molecule has 4 rings (SSSR count). The Balaban J connectivity index is 1.47. The molecule has 1 amide bonds. The fourth-order valence-electron chi connectivity index (χ4n) is 3.53. The van der Waals surface area contributed by atoms with Crippen molar-refractivity contribution in [3.05, 3.63) is 113 Å². The number of hydrogen-bond donors (Lipinski definition) is 2. The first-order valence-corrected chi connectivity index (χ1v) is 10.1. The van der Waals surface area contributed by atoms with Crippen molar-refractivity contribution in [3.63, 3.8) is 0 Å². The second kappa shape index (κ2) is 9.70. The fraction of sp³-hybridized carbons (Fsp3) is 0.120. The zero-order valence-corrected chi connectivity index (χ0v) is 17.1. The van der Waals surface area contributed by atoms with E-state index in [-0.39, 0.29) is 29.4 Å². The molecule has 7 nitrogen and oxygen atoms in total. The first-order chi connectivity index (χ1) is 15.6. The van der Waals surface area contributed by atoms with Crippen molar-refractivity contribution in [3.8, 4) is 0 Å². The van der Waals surface area contributed by atoms with Crippen molar-refractivity contribution in [2.45, 2.75) is 18.8 Å². The van der Waals surface area contributed by atoms with Crippen molar-refractivity contribution < 1.29 is 19.2 Å². The zero-order chi connectivity index (χ0) is 22.3. The van der Waals surface area contributed by atoms with E-state index in [1.54, 1.807) is 12.1 Å². The van der Waals surface area contributed by atoms with Crippen LogP contribution in [-0.4, -0.2) is 27.1 Å². The van der Waals surface area contributed by atoms with E-state index in [1.165, 1.54) is 12.1 Å². The molecule has 0 saturated heterocycles. The lowest BCUT2D eigenvalue weighted by Crippen LogP contribution is -2.17. The lowest BCUT2D eigenvalue weighted by Gasteiger charge is -2.16. The highest BCUT2D eigenvalue weighted by Crippen LogP contribution is 2.28. The van der Waals surface area contributed by atoms with Crippen LogP contribution in [0.15, 0.2) is 89.5 Å². The summed E-state index contributed by atoms with van der Waals surface area (Å²) in [7, 11) is 0. The van der Waals surface area contributed by atoms with Crippen LogP contribution < -0.4 is 5.32 Å². The molecule has 1 aromatic heterocycles. The second-order valence-corrected chi connectivity index (χ2v) is 7.26. The third-order valence-corrected chi connectivity index (χ3v) is 5.04. The summed E-state index contributed by atoms with van der Waals surface area (Å²) in [6, 6.07) is 26.3. The summed E-state index contributed by atoms with van der Waals surface area (Å²) in [6.45, 7) is 0. The van der Waals surface area contributed by atoms with Crippen molar-refractivity contribution in [1.29, 1.82) is 0 Å². The molecule has 160 valence electrons. The van der Waals surface area contributed by atoms with Crippen molar-refractivity contribution >= 4 is 17.6 Å². The number of nitrogens with one attached hydrogen (secondary N) is 1. The van der Waals surface area contributed by atoms with Gasteiger partial charge in [0.05, 0.1) is 17.7 Å². The first-order valence-electron chi connectivity index (χ1n) is 10.1. The minimum absolute atomic E-state index is 0.0169. The number of aromatic carboxylic acids is 1. The van der Waals surface area contributed by atoms with E-state index in [1.807, 2.05) is 36.4 Å². The number of hydrogen-bond acceptors (Lipinski definition) is 5. The van der Waals surface area contributed by atoms with Gasteiger partial charge in [0.1, 0.15) is 0 Å². The van der Waals surface area contributed by atoms with Crippen LogP contribution in [0.1, 0.15) is 39.1 Å². The lowest BCUT2D eigenvalue weighted by atomic mass is 9.88. The van der Waals surface area contributed by atoms with Crippen LogP contribution in [0, 0.1) is 0 Å². The number of carbonyl (C=O) groups excluding carboxylic acids is 1. The van der Waals surface area contributed by atoms with Gasteiger partial charge in [0.2, 0.25) is 11.8 Å². The molecule has 32 heavy (non-hydrogen) atoms. The number of benzene rings is 3. The van der Waals surface area contributed by atoms with Crippen LogP contribution in [0.5, 0.6) is 0 Å². The smallest absolute Gasteiger partial charge is 0.337 e. The summed E-state index contributed by atoms with van der Waals surface area (Å²) in [4.78, 5) is 28.1. The van der Waals surface area contributed by atoms with E-state index >= 15 is 0 Å². The molecule has 0 atom stereocenters. The Kier molecular flexibility index (Phi) is 6.36. The Labute approximate surface area is 184 Å². The van der Waals surface area contributed by atoms with Crippen LogP contribution in [-0.2, 0) is 17.6 Å². The molecule has 0 spiro atoms. The third kappa shape index (κ3) is 5.07. The van der Waals surface area contributed by atoms with Crippen molar-refractivity contribution in [2.24, 2.45) is 0 Å². The maximum absolute atomic E-state index is 12.4. The first kappa shape index (κ1) is 21.0. The topological polar surface area (TPSA) is 105 Å². The number of carbonyl (C=O) groups is 2. The second-order valence-electron chi connectivity index (χ2n) is 7.26. The summed E-state index contributed by atoms with van der Waals surface area (Å²) in [5.74, 6) is -0.840. The van der Waals surface area contributed by atoms with E-state index in [0.717, 1.165) is 11.1 Å². The molecule has 7 heteroatoms. The Hall–Kier alpha value is -4.26. The molecule has 0 aliphatic rings. The molecule has 0 aliphatic heterocycles. The Bertz CT molecular complexity index is 1170. The van der Waals surface area contributed by atoms with Gasteiger partial charge in [-0.3, -0.25) is 4.79 Å². The number of anilines is 1. The van der Waals surface area contributed by atoms with Gasteiger partial charge in [0, 0.05) is 12.3 Å². The van der Waals surface area contributed by atoms with Gasteiger partial charge in [0.15, 0.2) is 5.82 Å². The standard InChI is InChI=1S/C25H21N3O4/c29-23(26-21-14-8-7-13-19(21)25(30)31)16-22-27-24(32-28-22)15-20(17-9-3-1-4-10-17)18-11-5-2-6-12-18/h1-14,20H,15-16H2,(H,26,29)(H,30,31). The van der Waals surface area contributed by atoms with E-state index in [0.29, 0.717) is 12.3 Å². The molecular formula is C25H21N3O4. The minimum atomic E-state index is -1.12. The molecule has 3 aromatic carbocycles. The summed E-state index contributed by atoms with van der Waals surface area (Å²) < 4.78 is 5.42. The maximum Gasteiger partial charge on any atom is 0.337 e. The summed E-state index contributed by atoms with van der Waals surface area (Å²) >= 11 is 0. The average Bonchev–Trinajstić information content (AvgIpc) is 3.25. The quantitative estimate of drug-likeness (QED) is 0.434. The lowest BCUT2D eigenvalue weighted by molar-refractivity contribution is -0.115.